The van der Waals surface area contributed by atoms with Gasteiger partial charge in [0.25, 0.3) is 5.88 Å². The molecule has 6 unspecified atom stereocenters. The minimum absolute atomic E-state index is 0.0687. The zero-order chi connectivity index (χ0) is 25.2. The Labute approximate surface area is 209 Å². The molecule has 8 heteroatoms. The Hall–Kier alpha value is -2.51. The average Bonchev–Trinajstić information content (AvgIpc) is 3.44. The number of nitrogens with zero attached hydrogens (tertiary/aromatic N) is 1. The number of fused-ring (bicyclic) bond motifs is 5. The molecular formula is C27H29ClFNO5. The number of ketones is 1. The number of Topliss-reactive ketones (excluding diaryl/α,β-unsaturated/α-hetero) is 1. The lowest BCUT2D eigenvalue weighted by molar-refractivity contribution is -0.162. The van der Waals surface area contributed by atoms with Crippen LogP contribution >= 0.6 is 11.6 Å². The highest BCUT2D eigenvalue weighted by Gasteiger charge is 2.64. The highest BCUT2D eigenvalue weighted by atomic mass is 35.5. The molecule has 1 aromatic carbocycles. The van der Waals surface area contributed by atoms with E-state index in [9.17, 15) is 14.0 Å². The van der Waals surface area contributed by atoms with E-state index in [4.69, 9.17) is 25.8 Å². The lowest BCUT2D eigenvalue weighted by atomic mass is 9.80. The van der Waals surface area contributed by atoms with Crippen LogP contribution in [0.25, 0.3) is 0 Å². The first-order valence-corrected chi connectivity index (χ1v) is 12.3. The third-order valence-electron chi connectivity index (χ3n) is 7.40. The first-order chi connectivity index (χ1) is 16.5. The van der Waals surface area contributed by atoms with E-state index in [2.05, 4.69) is 4.98 Å². The number of carbonyl (C=O) groups is 2. The quantitative estimate of drug-likeness (QED) is 0.500. The number of aryl methyl sites for hydroxylation is 2. The first-order valence-electron chi connectivity index (χ1n) is 12.0. The summed E-state index contributed by atoms with van der Waals surface area (Å²) in [5.74, 6) is -1.70. The highest BCUT2D eigenvalue weighted by molar-refractivity contribution is 6.30. The van der Waals surface area contributed by atoms with Crippen LogP contribution in [0.1, 0.15) is 56.2 Å². The molecule has 0 amide bonds. The van der Waals surface area contributed by atoms with Crippen molar-refractivity contribution in [2.24, 2.45) is 17.3 Å². The van der Waals surface area contributed by atoms with E-state index in [1.807, 2.05) is 34.6 Å². The number of esters is 1. The topological polar surface area (TPSA) is 74.7 Å². The smallest absolute Gasteiger partial charge is 0.311 e. The molecule has 35 heavy (non-hydrogen) atoms. The van der Waals surface area contributed by atoms with Crippen molar-refractivity contribution >= 4 is 23.4 Å². The van der Waals surface area contributed by atoms with Crippen molar-refractivity contribution < 1.29 is 28.2 Å². The number of hydrogen-bond acceptors (Lipinski definition) is 6. The maximum absolute atomic E-state index is 14.2. The summed E-state index contributed by atoms with van der Waals surface area (Å²) in [7, 11) is 0. The monoisotopic (exact) mass is 501 g/mol. The average molecular weight is 502 g/mol. The van der Waals surface area contributed by atoms with Crippen LogP contribution in [0.2, 0.25) is 5.02 Å². The van der Waals surface area contributed by atoms with Gasteiger partial charge >= 0.3 is 5.97 Å². The van der Waals surface area contributed by atoms with Crippen LogP contribution in [0.3, 0.4) is 0 Å². The standard InChI is InChI=1S/C27H29ClFNO5/c1-12-8-15(33-25-16(29)10-14(28)11-30-25)9-13(2)19(12)22-23(31)20-17-6-7-18(34-17)21(20)24(22)35-26(32)27(3,4)5/h8-11,17-18,20-22,24H,6-7H2,1-5H3. The van der Waals surface area contributed by atoms with Gasteiger partial charge in [-0.3, -0.25) is 9.59 Å². The van der Waals surface area contributed by atoms with E-state index in [-0.39, 0.29) is 46.7 Å². The summed E-state index contributed by atoms with van der Waals surface area (Å²) >= 11 is 5.79. The molecule has 2 aromatic rings. The molecule has 3 aliphatic rings. The van der Waals surface area contributed by atoms with Crippen LogP contribution in [0, 0.1) is 36.9 Å². The summed E-state index contributed by atoms with van der Waals surface area (Å²) in [6, 6.07) is 4.65. The lowest BCUT2D eigenvalue weighted by Crippen LogP contribution is -2.38. The van der Waals surface area contributed by atoms with Crippen molar-refractivity contribution in [2.75, 3.05) is 0 Å². The lowest BCUT2D eigenvalue weighted by Gasteiger charge is -2.31. The van der Waals surface area contributed by atoms with Crippen LogP contribution in [-0.4, -0.2) is 35.0 Å². The van der Waals surface area contributed by atoms with E-state index in [1.165, 1.54) is 6.20 Å². The summed E-state index contributed by atoms with van der Waals surface area (Å²) < 4.78 is 32.1. The molecule has 1 aromatic heterocycles. The zero-order valence-corrected chi connectivity index (χ0v) is 21.2. The van der Waals surface area contributed by atoms with E-state index in [0.29, 0.717) is 5.75 Å². The van der Waals surface area contributed by atoms with Gasteiger partial charge in [-0.15, -0.1) is 0 Å². The van der Waals surface area contributed by atoms with Gasteiger partial charge in [0.2, 0.25) is 0 Å². The molecule has 0 radical (unpaired) electrons. The Bertz CT molecular complexity index is 1190. The van der Waals surface area contributed by atoms with E-state index < -0.39 is 23.3 Å². The Morgan fingerprint density at radius 2 is 1.80 bits per heavy atom. The van der Waals surface area contributed by atoms with Crippen molar-refractivity contribution in [3.05, 3.63) is 51.9 Å². The van der Waals surface area contributed by atoms with Crippen molar-refractivity contribution in [1.82, 2.24) is 4.98 Å². The normalized spacial score (nSPS) is 29.4. The molecule has 186 valence electrons. The van der Waals surface area contributed by atoms with Crippen LogP contribution in [-0.2, 0) is 19.1 Å². The fourth-order valence-electron chi connectivity index (χ4n) is 5.92. The molecule has 1 saturated carbocycles. The molecule has 2 bridgehead atoms. The van der Waals surface area contributed by atoms with Gasteiger partial charge in [0, 0.05) is 12.1 Å². The molecule has 6 atom stereocenters. The molecular weight excluding hydrogens is 473 g/mol. The van der Waals surface area contributed by atoms with Crippen molar-refractivity contribution in [2.45, 2.75) is 71.7 Å². The van der Waals surface area contributed by atoms with E-state index in [0.717, 1.165) is 35.6 Å². The van der Waals surface area contributed by atoms with Gasteiger partial charge in [-0.25, -0.2) is 9.37 Å². The second-order valence-corrected chi connectivity index (χ2v) is 11.3. The third kappa shape index (κ3) is 4.12. The Balaban J connectivity index is 1.51. The molecule has 2 saturated heterocycles. The largest absolute Gasteiger partial charge is 0.460 e. The fourth-order valence-corrected chi connectivity index (χ4v) is 6.07. The first kappa shape index (κ1) is 24.2. The van der Waals surface area contributed by atoms with E-state index >= 15 is 0 Å². The SMILES string of the molecule is Cc1cc(Oc2ncc(Cl)cc2F)cc(C)c1C1C(=O)C2C3CCC(O3)C2C1OC(=O)C(C)(C)C. The summed E-state index contributed by atoms with van der Waals surface area (Å²) in [6.07, 6.45) is 2.27. The zero-order valence-electron chi connectivity index (χ0n) is 20.4. The van der Waals surface area contributed by atoms with Gasteiger partial charge in [0.05, 0.1) is 34.5 Å². The molecule has 5 rings (SSSR count). The van der Waals surface area contributed by atoms with Crippen molar-refractivity contribution in [3.63, 3.8) is 0 Å². The number of hydrogen-bond donors (Lipinski definition) is 0. The predicted molar refractivity (Wildman–Crippen MR) is 127 cm³/mol. The summed E-state index contributed by atoms with van der Waals surface area (Å²) in [4.78, 5) is 30.7. The molecule has 3 heterocycles. The summed E-state index contributed by atoms with van der Waals surface area (Å²) in [6.45, 7) is 9.19. The minimum atomic E-state index is -0.693. The van der Waals surface area contributed by atoms with Crippen molar-refractivity contribution in [1.29, 1.82) is 0 Å². The van der Waals surface area contributed by atoms with Crippen LogP contribution in [0.4, 0.5) is 4.39 Å². The fraction of sp³-hybridized carbons (Fsp3) is 0.519. The maximum atomic E-state index is 14.2. The number of ether oxygens (including phenoxy) is 3. The van der Waals surface area contributed by atoms with E-state index in [1.54, 1.807) is 12.1 Å². The van der Waals surface area contributed by atoms with Crippen LogP contribution in [0.15, 0.2) is 24.4 Å². The Kier molecular flexibility index (Phi) is 5.92. The minimum Gasteiger partial charge on any atom is -0.460 e. The predicted octanol–water partition coefficient (Wildman–Crippen LogP) is 5.70. The Morgan fingerprint density at radius 3 is 2.43 bits per heavy atom. The summed E-state index contributed by atoms with van der Waals surface area (Å²) in [5, 5.41) is 0.177. The molecule has 3 fully saturated rings. The molecule has 0 spiro atoms. The number of benzene rings is 1. The number of rotatable bonds is 4. The third-order valence-corrected chi connectivity index (χ3v) is 7.60. The second kappa shape index (κ2) is 8.56. The van der Waals surface area contributed by atoms with Gasteiger partial charge in [0.15, 0.2) is 5.82 Å². The molecule has 1 aliphatic carbocycles. The molecule has 0 N–H and O–H groups in total. The number of aromatic nitrogens is 1. The van der Waals surface area contributed by atoms with Crippen LogP contribution < -0.4 is 4.74 Å². The maximum Gasteiger partial charge on any atom is 0.311 e. The van der Waals surface area contributed by atoms with Gasteiger partial charge in [-0.05, 0) is 82.3 Å². The molecule has 2 aliphatic heterocycles. The number of pyridine rings is 1. The van der Waals surface area contributed by atoms with Crippen molar-refractivity contribution in [3.8, 4) is 11.6 Å². The highest BCUT2D eigenvalue weighted by Crippen LogP contribution is 2.56. The van der Waals surface area contributed by atoms with Gasteiger partial charge in [-0.2, -0.15) is 0 Å². The molecule has 6 nitrogen and oxygen atoms in total. The number of carbonyl (C=O) groups excluding carboxylic acids is 2. The van der Waals surface area contributed by atoms with Gasteiger partial charge in [0.1, 0.15) is 17.6 Å². The van der Waals surface area contributed by atoms with Crippen LogP contribution in [0.5, 0.6) is 11.6 Å². The summed E-state index contributed by atoms with van der Waals surface area (Å²) in [5.41, 5.74) is 1.74. The second-order valence-electron chi connectivity index (χ2n) is 10.9. The van der Waals surface area contributed by atoms with Gasteiger partial charge in [-0.1, -0.05) is 11.6 Å². The Morgan fingerprint density at radius 1 is 1.14 bits per heavy atom. The van der Waals surface area contributed by atoms with Gasteiger partial charge < -0.3 is 14.2 Å². The number of halogens is 2.